The van der Waals surface area contributed by atoms with E-state index in [0.717, 1.165) is 5.69 Å². The summed E-state index contributed by atoms with van der Waals surface area (Å²) < 4.78 is 0. The normalized spacial score (nSPS) is 22.6. The van der Waals surface area contributed by atoms with Gasteiger partial charge in [-0.2, -0.15) is 0 Å². The minimum atomic E-state index is 0.107. The van der Waals surface area contributed by atoms with Gasteiger partial charge in [0.05, 0.1) is 11.7 Å². The zero-order chi connectivity index (χ0) is 9.80. The quantitative estimate of drug-likeness (QED) is 0.668. The Kier molecular flexibility index (Phi) is 2.74. The molecule has 4 nitrogen and oxygen atoms in total. The van der Waals surface area contributed by atoms with Crippen molar-refractivity contribution < 1.29 is 4.79 Å². The monoisotopic (exact) mass is 191 g/mol. The standard InChI is InChI=1S/C10H13N3O/c14-10-4-6-12-9(7-13-10)8-3-1-2-5-11-8/h1-3,5,9,12H,4,6-7H2,(H,13,14). The average Bonchev–Trinajstić information content (AvgIpc) is 2.44. The van der Waals surface area contributed by atoms with Gasteiger partial charge in [-0.25, -0.2) is 0 Å². The van der Waals surface area contributed by atoms with Crippen molar-refractivity contribution in [2.75, 3.05) is 13.1 Å². The predicted octanol–water partition coefficient (Wildman–Crippen LogP) is 0.232. The zero-order valence-corrected chi connectivity index (χ0v) is 7.86. The highest BCUT2D eigenvalue weighted by molar-refractivity contribution is 5.76. The van der Waals surface area contributed by atoms with Crippen LogP contribution in [0.4, 0.5) is 0 Å². The van der Waals surface area contributed by atoms with E-state index in [-0.39, 0.29) is 11.9 Å². The Bertz CT molecular complexity index is 312. The SMILES string of the molecule is O=C1CCNC(c2ccccn2)CN1. The summed E-state index contributed by atoms with van der Waals surface area (Å²) in [6.07, 6.45) is 2.31. The molecule has 1 aromatic heterocycles. The van der Waals surface area contributed by atoms with E-state index in [0.29, 0.717) is 19.5 Å². The van der Waals surface area contributed by atoms with Gasteiger partial charge in [-0.15, -0.1) is 0 Å². The molecule has 1 aliphatic heterocycles. The van der Waals surface area contributed by atoms with Crippen LogP contribution in [0.3, 0.4) is 0 Å². The van der Waals surface area contributed by atoms with Crippen LogP contribution in [0.25, 0.3) is 0 Å². The summed E-state index contributed by atoms with van der Waals surface area (Å²) in [4.78, 5) is 15.3. The van der Waals surface area contributed by atoms with Crippen LogP contribution < -0.4 is 10.6 Å². The highest BCUT2D eigenvalue weighted by Gasteiger charge is 2.16. The number of carbonyl (C=O) groups excluding carboxylic acids is 1. The molecule has 1 aliphatic rings. The van der Waals surface area contributed by atoms with Gasteiger partial charge in [-0.05, 0) is 12.1 Å². The molecule has 1 unspecified atom stereocenters. The Morgan fingerprint density at radius 2 is 2.36 bits per heavy atom. The highest BCUT2D eigenvalue weighted by atomic mass is 16.1. The van der Waals surface area contributed by atoms with Gasteiger partial charge < -0.3 is 10.6 Å². The number of amides is 1. The maximum Gasteiger partial charge on any atom is 0.221 e. The van der Waals surface area contributed by atoms with Crippen LogP contribution in [-0.4, -0.2) is 24.0 Å². The molecule has 2 heterocycles. The van der Waals surface area contributed by atoms with E-state index in [4.69, 9.17) is 0 Å². The summed E-state index contributed by atoms with van der Waals surface area (Å²) in [5.41, 5.74) is 0.981. The smallest absolute Gasteiger partial charge is 0.221 e. The Labute approximate surface area is 82.7 Å². The van der Waals surface area contributed by atoms with Crippen LogP contribution in [0.5, 0.6) is 0 Å². The summed E-state index contributed by atoms with van der Waals surface area (Å²) in [7, 11) is 0. The van der Waals surface area contributed by atoms with Crippen molar-refractivity contribution in [2.45, 2.75) is 12.5 Å². The van der Waals surface area contributed by atoms with Crippen LogP contribution in [0.1, 0.15) is 18.2 Å². The van der Waals surface area contributed by atoms with E-state index in [9.17, 15) is 4.79 Å². The van der Waals surface area contributed by atoms with Crippen molar-refractivity contribution in [2.24, 2.45) is 0 Å². The molecule has 1 amide bonds. The molecular weight excluding hydrogens is 178 g/mol. The Hall–Kier alpha value is -1.42. The maximum atomic E-state index is 11.1. The molecule has 1 atom stereocenters. The molecule has 0 bridgehead atoms. The summed E-state index contributed by atoms with van der Waals surface area (Å²) in [6, 6.07) is 5.95. The molecule has 0 aromatic carbocycles. The lowest BCUT2D eigenvalue weighted by molar-refractivity contribution is -0.120. The predicted molar refractivity (Wildman–Crippen MR) is 52.6 cm³/mol. The lowest BCUT2D eigenvalue weighted by atomic mass is 10.2. The van der Waals surface area contributed by atoms with Crippen LogP contribution in [0, 0.1) is 0 Å². The van der Waals surface area contributed by atoms with Crippen LogP contribution >= 0.6 is 0 Å². The fourth-order valence-electron chi connectivity index (χ4n) is 1.53. The van der Waals surface area contributed by atoms with Gasteiger partial charge in [0.1, 0.15) is 0 Å². The topological polar surface area (TPSA) is 54.0 Å². The van der Waals surface area contributed by atoms with Crippen LogP contribution in [0.15, 0.2) is 24.4 Å². The molecule has 1 aromatic rings. The molecule has 14 heavy (non-hydrogen) atoms. The third-order valence-corrected chi connectivity index (χ3v) is 2.29. The van der Waals surface area contributed by atoms with Gasteiger partial charge >= 0.3 is 0 Å². The van der Waals surface area contributed by atoms with E-state index in [1.165, 1.54) is 0 Å². The Morgan fingerprint density at radius 3 is 3.14 bits per heavy atom. The van der Waals surface area contributed by atoms with Gasteiger partial charge in [0.15, 0.2) is 0 Å². The molecule has 2 N–H and O–H groups in total. The van der Waals surface area contributed by atoms with Gasteiger partial charge in [0.25, 0.3) is 0 Å². The largest absolute Gasteiger partial charge is 0.354 e. The third-order valence-electron chi connectivity index (χ3n) is 2.29. The molecule has 1 fully saturated rings. The van der Waals surface area contributed by atoms with Gasteiger partial charge in [0, 0.05) is 25.7 Å². The molecular formula is C10H13N3O. The summed E-state index contributed by atoms with van der Waals surface area (Å²) in [5, 5.41) is 6.13. The van der Waals surface area contributed by atoms with Gasteiger partial charge in [-0.1, -0.05) is 6.07 Å². The lowest BCUT2D eigenvalue weighted by Crippen LogP contribution is -2.29. The number of carbonyl (C=O) groups is 1. The van der Waals surface area contributed by atoms with Crippen molar-refractivity contribution in [3.63, 3.8) is 0 Å². The molecule has 0 aliphatic carbocycles. The maximum absolute atomic E-state index is 11.1. The third kappa shape index (κ3) is 2.09. The van der Waals surface area contributed by atoms with E-state index in [1.807, 2.05) is 18.2 Å². The fourth-order valence-corrected chi connectivity index (χ4v) is 1.53. The molecule has 0 radical (unpaired) electrons. The van der Waals surface area contributed by atoms with Crippen molar-refractivity contribution >= 4 is 5.91 Å². The van der Waals surface area contributed by atoms with Gasteiger partial charge in [0.2, 0.25) is 5.91 Å². The van der Waals surface area contributed by atoms with E-state index >= 15 is 0 Å². The minimum Gasteiger partial charge on any atom is -0.354 e. The molecule has 2 rings (SSSR count). The lowest BCUT2D eigenvalue weighted by Gasteiger charge is -2.14. The summed E-state index contributed by atoms with van der Waals surface area (Å²) in [6.45, 7) is 1.34. The van der Waals surface area contributed by atoms with Crippen LogP contribution in [0.2, 0.25) is 0 Å². The molecule has 4 heteroatoms. The number of rotatable bonds is 1. The molecule has 1 saturated heterocycles. The summed E-state index contributed by atoms with van der Waals surface area (Å²) in [5.74, 6) is 0.107. The molecule has 0 spiro atoms. The fraction of sp³-hybridized carbons (Fsp3) is 0.400. The first-order chi connectivity index (χ1) is 6.86. The first-order valence-electron chi connectivity index (χ1n) is 4.77. The number of nitrogens with zero attached hydrogens (tertiary/aromatic N) is 1. The van der Waals surface area contributed by atoms with E-state index in [2.05, 4.69) is 15.6 Å². The number of nitrogens with one attached hydrogen (secondary N) is 2. The minimum absolute atomic E-state index is 0.107. The second kappa shape index (κ2) is 4.19. The van der Waals surface area contributed by atoms with E-state index in [1.54, 1.807) is 6.20 Å². The number of pyridine rings is 1. The molecule has 74 valence electrons. The van der Waals surface area contributed by atoms with E-state index < -0.39 is 0 Å². The highest BCUT2D eigenvalue weighted by Crippen LogP contribution is 2.09. The molecule has 0 saturated carbocycles. The summed E-state index contributed by atoms with van der Waals surface area (Å²) >= 11 is 0. The van der Waals surface area contributed by atoms with Crippen molar-refractivity contribution in [3.8, 4) is 0 Å². The zero-order valence-electron chi connectivity index (χ0n) is 7.86. The number of hydrogen-bond donors (Lipinski definition) is 2. The first kappa shape index (κ1) is 9.15. The van der Waals surface area contributed by atoms with Crippen molar-refractivity contribution in [1.82, 2.24) is 15.6 Å². The second-order valence-electron chi connectivity index (χ2n) is 3.32. The second-order valence-corrected chi connectivity index (χ2v) is 3.32. The van der Waals surface area contributed by atoms with Crippen molar-refractivity contribution in [1.29, 1.82) is 0 Å². The first-order valence-corrected chi connectivity index (χ1v) is 4.77. The van der Waals surface area contributed by atoms with Crippen molar-refractivity contribution in [3.05, 3.63) is 30.1 Å². The Balaban J connectivity index is 2.08. The van der Waals surface area contributed by atoms with Crippen LogP contribution in [-0.2, 0) is 4.79 Å². The number of aromatic nitrogens is 1. The number of hydrogen-bond acceptors (Lipinski definition) is 3. The average molecular weight is 191 g/mol. The Morgan fingerprint density at radius 1 is 1.43 bits per heavy atom. The van der Waals surface area contributed by atoms with Gasteiger partial charge in [-0.3, -0.25) is 9.78 Å².